The number of nitrogens with one attached hydrogen (secondary N) is 1. The van der Waals surface area contributed by atoms with E-state index in [4.69, 9.17) is 0 Å². The van der Waals surface area contributed by atoms with Crippen molar-refractivity contribution in [2.24, 2.45) is 0 Å². The highest BCUT2D eigenvalue weighted by molar-refractivity contribution is 7.89. The minimum atomic E-state index is -3.41. The maximum Gasteiger partial charge on any atom is 0.240 e. The van der Waals surface area contributed by atoms with Crippen LogP contribution in [-0.4, -0.2) is 8.42 Å². The van der Waals surface area contributed by atoms with Crippen LogP contribution in [0.4, 0.5) is 0 Å². The van der Waals surface area contributed by atoms with Crippen LogP contribution < -0.4 is 4.72 Å². The largest absolute Gasteiger partial charge is 0.240 e. The third-order valence-electron chi connectivity index (χ3n) is 2.69. The lowest BCUT2D eigenvalue weighted by Gasteiger charge is -2.06. The lowest BCUT2D eigenvalue weighted by atomic mass is 10.2. The lowest BCUT2D eigenvalue weighted by molar-refractivity contribution is 0.581. The van der Waals surface area contributed by atoms with Gasteiger partial charge in [-0.05, 0) is 46.5 Å². The number of rotatable bonds is 5. The molecule has 1 aromatic heterocycles. The molecule has 0 saturated carbocycles. The number of benzene rings is 1. The van der Waals surface area contributed by atoms with Crippen LogP contribution in [-0.2, 0) is 23.0 Å². The van der Waals surface area contributed by atoms with Crippen LogP contribution in [0.5, 0.6) is 0 Å². The van der Waals surface area contributed by atoms with E-state index >= 15 is 0 Å². The molecule has 2 rings (SSSR count). The molecule has 0 atom stereocenters. The van der Waals surface area contributed by atoms with Gasteiger partial charge in [-0.2, -0.15) is 11.3 Å². The van der Waals surface area contributed by atoms with Crippen LogP contribution in [0.2, 0.25) is 0 Å². The SMILES string of the molecule is CCc1ccc(S(=O)(=O)NCc2ccsc2)cc1. The van der Waals surface area contributed by atoms with Gasteiger partial charge in [-0.1, -0.05) is 19.1 Å². The molecule has 0 fully saturated rings. The van der Waals surface area contributed by atoms with Crippen LogP contribution in [0.1, 0.15) is 18.1 Å². The molecule has 2 aromatic rings. The van der Waals surface area contributed by atoms with Crippen LogP contribution in [0.25, 0.3) is 0 Å². The molecule has 0 aliphatic rings. The van der Waals surface area contributed by atoms with E-state index in [9.17, 15) is 8.42 Å². The van der Waals surface area contributed by atoms with Gasteiger partial charge < -0.3 is 0 Å². The average molecular weight is 281 g/mol. The van der Waals surface area contributed by atoms with E-state index < -0.39 is 10.0 Å². The molecule has 18 heavy (non-hydrogen) atoms. The van der Waals surface area contributed by atoms with Crippen LogP contribution in [0, 0.1) is 0 Å². The molecule has 0 aliphatic carbocycles. The van der Waals surface area contributed by atoms with Crippen LogP contribution >= 0.6 is 11.3 Å². The van der Waals surface area contributed by atoms with E-state index in [-0.39, 0.29) is 0 Å². The van der Waals surface area contributed by atoms with Crippen molar-refractivity contribution in [2.45, 2.75) is 24.8 Å². The van der Waals surface area contributed by atoms with Crippen molar-refractivity contribution >= 4 is 21.4 Å². The fraction of sp³-hybridized carbons (Fsp3) is 0.231. The number of hydrogen-bond donors (Lipinski definition) is 1. The third-order valence-corrected chi connectivity index (χ3v) is 4.84. The zero-order valence-corrected chi connectivity index (χ0v) is 11.7. The first kappa shape index (κ1) is 13.3. The quantitative estimate of drug-likeness (QED) is 0.916. The molecule has 1 heterocycles. The minimum absolute atomic E-state index is 0.315. The summed E-state index contributed by atoms with van der Waals surface area (Å²) in [6, 6.07) is 8.90. The molecule has 0 bridgehead atoms. The normalized spacial score (nSPS) is 11.6. The Morgan fingerprint density at radius 2 is 1.83 bits per heavy atom. The van der Waals surface area contributed by atoms with Gasteiger partial charge in [-0.15, -0.1) is 0 Å². The highest BCUT2D eigenvalue weighted by Crippen LogP contribution is 2.12. The van der Waals surface area contributed by atoms with Crippen molar-refractivity contribution in [3.8, 4) is 0 Å². The third kappa shape index (κ3) is 3.19. The van der Waals surface area contributed by atoms with Gasteiger partial charge in [0.05, 0.1) is 4.90 Å². The Morgan fingerprint density at radius 1 is 1.11 bits per heavy atom. The molecular weight excluding hydrogens is 266 g/mol. The second-order valence-electron chi connectivity index (χ2n) is 3.95. The van der Waals surface area contributed by atoms with E-state index in [0.29, 0.717) is 11.4 Å². The molecule has 0 aliphatic heterocycles. The summed E-state index contributed by atoms with van der Waals surface area (Å²) in [6.07, 6.45) is 0.905. The molecule has 3 nitrogen and oxygen atoms in total. The highest BCUT2D eigenvalue weighted by atomic mass is 32.2. The summed E-state index contributed by atoms with van der Waals surface area (Å²) in [5, 5.41) is 3.86. The summed E-state index contributed by atoms with van der Waals surface area (Å²) in [7, 11) is -3.41. The predicted octanol–water partition coefficient (Wildman–Crippen LogP) is 2.79. The van der Waals surface area contributed by atoms with Gasteiger partial charge in [-0.3, -0.25) is 0 Å². The van der Waals surface area contributed by atoms with Crippen molar-refractivity contribution in [1.29, 1.82) is 0 Å². The smallest absolute Gasteiger partial charge is 0.207 e. The first-order chi connectivity index (χ1) is 8.62. The average Bonchev–Trinajstić information content (AvgIpc) is 2.90. The number of aryl methyl sites for hydroxylation is 1. The van der Waals surface area contributed by atoms with Crippen LogP contribution in [0.3, 0.4) is 0 Å². The standard InChI is InChI=1S/C13H15NO2S2/c1-2-11-3-5-13(6-4-11)18(15,16)14-9-12-7-8-17-10-12/h3-8,10,14H,2,9H2,1H3. The summed E-state index contributed by atoms with van der Waals surface area (Å²) in [6.45, 7) is 2.37. The molecule has 5 heteroatoms. The molecule has 1 aromatic carbocycles. The second kappa shape index (κ2) is 5.65. The topological polar surface area (TPSA) is 46.2 Å². The summed E-state index contributed by atoms with van der Waals surface area (Å²) in [5.74, 6) is 0. The summed E-state index contributed by atoms with van der Waals surface area (Å²) >= 11 is 1.56. The Bertz CT molecular complexity index is 586. The molecule has 0 saturated heterocycles. The van der Waals surface area contributed by atoms with Gasteiger partial charge in [0.1, 0.15) is 0 Å². The van der Waals surface area contributed by atoms with Gasteiger partial charge in [0, 0.05) is 6.54 Å². The molecule has 0 unspecified atom stereocenters. The maximum absolute atomic E-state index is 12.0. The molecule has 96 valence electrons. The predicted molar refractivity (Wildman–Crippen MR) is 74.2 cm³/mol. The Kier molecular flexibility index (Phi) is 4.16. The summed E-state index contributed by atoms with van der Waals surface area (Å²) in [5.41, 5.74) is 2.11. The Labute approximate surface area is 112 Å². The number of sulfonamides is 1. The minimum Gasteiger partial charge on any atom is -0.207 e. The van der Waals surface area contributed by atoms with Gasteiger partial charge in [0.15, 0.2) is 0 Å². The Morgan fingerprint density at radius 3 is 2.39 bits per heavy atom. The lowest BCUT2D eigenvalue weighted by Crippen LogP contribution is -2.22. The fourth-order valence-corrected chi connectivity index (χ4v) is 3.25. The van der Waals surface area contributed by atoms with Gasteiger partial charge >= 0.3 is 0 Å². The number of hydrogen-bond acceptors (Lipinski definition) is 3. The molecular formula is C13H15NO2S2. The van der Waals surface area contributed by atoms with E-state index in [0.717, 1.165) is 17.5 Å². The first-order valence-electron chi connectivity index (χ1n) is 5.71. The zero-order chi connectivity index (χ0) is 13.0. The second-order valence-corrected chi connectivity index (χ2v) is 6.50. The van der Waals surface area contributed by atoms with Crippen molar-refractivity contribution in [1.82, 2.24) is 4.72 Å². The molecule has 0 spiro atoms. The van der Waals surface area contributed by atoms with Gasteiger partial charge in [-0.25, -0.2) is 13.1 Å². The Hall–Kier alpha value is -1.17. The van der Waals surface area contributed by atoms with E-state index in [1.165, 1.54) is 0 Å². The molecule has 0 amide bonds. The highest BCUT2D eigenvalue weighted by Gasteiger charge is 2.13. The Balaban J connectivity index is 2.09. The van der Waals surface area contributed by atoms with Crippen molar-refractivity contribution in [3.63, 3.8) is 0 Å². The van der Waals surface area contributed by atoms with Crippen LogP contribution in [0.15, 0.2) is 46.0 Å². The fourth-order valence-electron chi connectivity index (χ4n) is 1.56. The van der Waals surface area contributed by atoms with Gasteiger partial charge in [0.25, 0.3) is 0 Å². The van der Waals surface area contributed by atoms with Gasteiger partial charge in [0.2, 0.25) is 10.0 Å². The zero-order valence-electron chi connectivity index (χ0n) is 10.1. The maximum atomic E-state index is 12.0. The monoisotopic (exact) mass is 281 g/mol. The van der Waals surface area contributed by atoms with E-state index in [2.05, 4.69) is 4.72 Å². The van der Waals surface area contributed by atoms with E-state index in [1.54, 1.807) is 23.5 Å². The summed E-state index contributed by atoms with van der Waals surface area (Å²) < 4.78 is 26.6. The molecule has 0 radical (unpaired) electrons. The van der Waals surface area contributed by atoms with E-state index in [1.807, 2.05) is 35.9 Å². The van der Waals surface area contributed by atoms with Crippen molar-refractivity contribution < 1.29 is 8.42 Å². The number of thiophene rings is 1. The summed E-state index contributed by atoms with van der Waals surface area (Å²) in [4.78, 5) is 0.315. The first-order valence-corrected chi connectivity index (χ1v) is 8.14. The molecule has 1 N–H and O–H groups in total. The van der Waals surface area contributed by atoms with Crippen molar-refractivity contribution in [2.75, 3.05) is 0 Å². The van der Waals surface area contributed by atoms with Crippen molar-refractivity contribution in [3.05, 3.63) is 52.2 Å².